The summed E-state index contributed by atoms with van der Waals surface area (Å²) in [5, 5.41) is 2.72. The van der Waals surface area contributed by atoms with Gasteiger partial charge in [-0.05, 0) is 48.7 Å². The standard InChI is InChI=1S/C20H24N2O5S/c1-26-14-4-12-21-20(23)15-27-17-7-9-18(10-8-17)28(24,25)22-13-11-16-5-2-3-6-19(16)22/h2-3,5-10H,4,11-15H2,1H3,(H,21,23). The topological polar surface area (TPSA) is 84.9 Å². The molecule has 0 aromatic heterocycles. The molecule has 150 valence electrons. The molecule has 0 fully saturated rings. The summed E-state index contributed by atoms with van der Waals surface area (Å²) >= 11 is 0. The van der Waals surface area contributed by atoms with Crippen molar-refractivity contribution in [2.24, 2.45) is 0 Å². The van der Waals surface area contributed by atoms with Crippen molar-refractivity contribution in [2.75, 3.05) is 37.7 Å². The monoisotopic (exact) mass is 404 g/mol. The largest absolute Gasteiger partial charge is 0.484 e. The predicted molar refractivity (Wildman–Crippen MR) is 106 cm³/mol. The zero-order valence-electron chi connectivity index (χ0n) is 15.8. The van der Waals surface area contributed by atoms with Crippen LogP contribution >= 0.6 is 0 Å². The third kappa shape index (κ3) is 4.63. The van der Waals surface area contributed by atoms with Crippen LogP contribution in [0.15, 0.2) is 53.4 Å². The van der Waals surface area contributed by atoms with Crippen molar-refractivity contribution in [1.29, 1.82) is 0 Å². The van der Waals surface area contributed by atoms with Gasteiger partial charge in [0.2, 0.25) is 0 Å². The van der Waals surface area contributed by atoms with E-state index < -0.39 is 10.0 Å². The van der Waals surface area contributed by atoms with Crippen LogP contribution in [0.2, 0.25) is 0 Å². The maximum Gasteiger partial charge on any atom is 0.264 e. The first-order valence-electron chi connectivity index (χ1n) is 9.11. The van der Waals surface area contributed by atoms with Crippen LogP contribution in [0, 0.1) is 0 Å². The Labute approximate surface area is 165 Å². The minimum absolute atomic E-state index is 0.126. The SMILES string of the molecule is COCCCNC(=O)COc1ccc(S(=O)(=O)N2CCc3ccccc32)cc1. The van der Waals surface area contributed by atoms with Gasteiger partial charge in [0.05, 0.1) is 10.6 Å². The molecule has 0 spiro atoms. The molecule has 0 radical (unpaired) electrons. The van der Waals surface area contributed by atoms with Crippen molar-refractivity contribution < 1.29 is 22.7 Å². The van der Waals surface area contributed by atoms with Crippen LogP contribution in [0.5, 0.6) is 5.75 Å². The summed E-state index contributed by atoms with van der Waals surface area (Å²) in [4.78, 5) is 11.9. The van der Waals surface area contributed by atoms with E-state index in [-0.39, 0.29) is 17.4 Å². The van der Waals surface area contributed by atoms with Crippen molar-refractivity contribution in [1.82, 2.24) is 5.32 Å². The lowest BCUT2D eigenvalue weighted by Crippen LogP contribution is -2.30. The fraction of sp³-hybridized carbons (Fsp3) is 0.350. The van der Waals surface area contributed by atoms with E-state index in [2.05, 4.69) is 5.32 Å². The van der Waals surface area contributed by atoms with Gasteiger partial charge in [-0.25, -0.2) is 8.42 Å². The number of hydrogen-bond donors (Lipinski definition) is 1. The van der Waals surface area contributed by atoms with Gasteiger partial charge in [-0.3, -0.25) is 9.10 Å². The Hall–Kier alpha value is -2.58. The van der Waals surface area contributed by atoms with Crippen LogP contribution in [0.1, 0.15) is 12.0 Å². The van der Waals surface area contributed by atoms with E-state index in [1.807, 2.05) is 24.3 Å². The number of hydrogen-bond acceptors (Lipinski definition) is 5. The number of para-hydroxylation sites is 1. The second-order valence-corrected chi connectivity index (χ2v) is 8.27. The number of benzene rings is 2. The molecule has 1 aliphatic rings. The molecule has 1 aliphatic heterocycles. The van der Waals surface area contributed by atoms with Crippen LogP contribution in [0.4, 0.5) is 5.69 Å². The van der Waals surface area contributed by atoms with Gasteiger partial charge in [-0.15, -0.1) is 0 Å². The number of amides is 1. The zero-order chi connectivity index (χ0) is 20.0. The van der Waals surface area contributed by atoms with E-state index in [9.17, 15) is 13.2 Å². The maximum absolute atomic E-state index is 13.0. The highest BCUT2D eigenvalue weighted by Gasteiger charge is 2.30. The Bertz CT molecular complexity index is 912. The third-order valence-corrected chi connectivity index (χ3v) is 6.30. The molecule has 0 atom stereocenters. The molecule has 28 heavy (non-hydrogen) atoms. The number of carbonyl (C=O) groups is 1. The molecule has 2 aromatic carbocycles. The molecular formula is C20H24N2O5S. The van der Waals surface area contributed by atoms with Gasteiger partial charge in [0.1, 0.15) is 5.75 Å². The summed E-state index contributed by atoms with van der Waals surface area (Å²) in [5.41, 5.74) is 1.76. The highest BCUT2D eigenvalue weighted by molar-refractivity contribution is 7.92. The number of sulfonamides is 1. The first-order chi connectivity index (χ1) is 13.5. The van der Waals surface area contributed by atoms with Crippen LogP contribution in [-0.4, -0.2) is 47.7 Å². The molecular weight excluding hydrogens is 380 g/mol. The predicted octanol–water partition coefficient (Wildman–Crippen LogP) is 1.97. The average Bonchev–Trinajstić information content (AvgIpc) is 3.15. The summed E-state index contributed by atoms with van der Waals surface area (Å²) in [7, 11) is -2.02. The van der Waals surface area contributed by atoms with E-state index in [0.717, 1.165) is 17.7 Å². The first-order valence-corrected chi connectivity index (χ1v) is 10.6. The summed E-state index contributed by atoms with van der Waals surface area (Å²) in [6.45, 7) is 1.41. The second kappa shape index (κ2) is 9.07. The second-order valence-electron chi connectivity index (χ2n) is 6.41. The highest BCUT2D eigenvalue weighted by atomic mass is 32.2. The lowest BCUT2D eigenvalue weighted by molar-refractivity contribution is -0.123. The Kier molecular flexibility index (Phi) is 6.53. The molecule has 0 saturated heterocycles. The van der Waals surface area contributed by atoms with Crippen LogP contribution in [0.3, 0.4) is 0 Å². The van der Waals surface area contributed by atoms with Crippen molar-refractivity contribution in [3.05, 3.63) is 54.1 Å². The Morgan fingerprint density at radius 3 is 2.64 bits per heavy atom. The molecule has 0 saturated carbocycles. The van der Waals surface area contributed by atoms with Crippen LogP contribution in [-0.2, 0) is 26.0 Å². The van der Waals surface area contributed by atoms with E-state index in [1.54, 1.807) is 19.2 Å². The van der Waals surface area contributed by atoms with Gasteiger partial charge in [0.15, 0.2) is 6.61 Å². The number of carbonyl (C=O) groups excluding carboxylic acids is 1. The maximum atomic E-state index is 13.0. The molecule has 1 amide bonds. The summed E-state index contributed by atoms with van der Waals surface area (Å²) in [5.74, 6) is 0.203. The minimum atomic E-state index is -3.63. The van der Waals surface area contributed by atoms with Gasteiger partial charge in [-0.1, -0.05) is 18.2 Å². The molecule has 0 bridgehead atoms. The van der Waals surface area contributed by atoms with E-state index in [0.29, 0.717) is 31.9 Å². The van der Waals surface area contributed by atoms with Gasteiger partial charge >= 0.3 is 0 Å². The number of nitrogens with one attached hydrogen (secondary N) is 1. The van der Waals surface area contributed by atoms with Crippen LogP contribution < -0.4 is 14.4 Å². The summed E-state index contributed by atoms with van der Waals surface area (Å²) in [6.07, 6.45) is 1.44. The van der Waals surface area contributed by atoms with Crippen LogP contribution in [0.25, 0.3) is 0 Å². The minimum Gasteiger partial charge on any atom is -0.484 e. The molecule has 8 heteroatoms. The fourth-order valence-corrected chi connectivity index (χ4v) is 4.54. The fourth-order valence-electron chi connectivity index (χ4n) is 3.04. The van der Waals surface area contributed by atoms with Gasteiger partial charge in [-0.2, -0.15) is 0 Å². The van der Waals surface area contributed by atoms with E-state index >= 15 is 0 Å². The number of anilines is 1. The molecule has 1 heterocycles. The first kappa shape index (κ1) is 20.2. The normalized spacial score (nSPS) is 13.2. The molecule has 0 unspecified atom stereocenters. The third-order valence-electron chi connectivity index (χ3n) is 4.47. The lowest BCUT2D eigenvalue weighted by atomic mass is 10.2. The van der Waals surface area contributed by atoms with Crippen molar-refractivity contribution >= 4 is 21.6 Å². The summed E-state index contributed by atoms with van der Waals surface area (Å²) in [6, 6.07) is 13.6. The van der Waals surface area contributed by atoms with Gasteiger partial charge in [0, 0.05) is 26.8 Å². The number of nitrogens with zero attached hydrogens (tertiary/aromatic N) is 1. The number of ether oxygens (including phenoxy) is 2. The zero-order valence-corrected chi connectivity index (χ0v) is 16.6. The van der Waals surface area contributed by atoms with Gasteiger partial charge < -0.3 is 14.8 Å². The van der Waals surface area contributed by atoms with E-state index in [1.165, 1.54) is 16.4 Å². The quantitative estimate of drug-likeness (QED) is 0.646. The molecule has 7 nitrogen and oxygen atoms in total. The summed E-state index contributed by atoms with van der Waals surface area (Å²) < 4.78 is 37.7. The number of fused-ring (bicyclic) bond motifs is 1. The van der Waals surface area contributed by atoms with E-state index in [4.69, 9.17) is 9.47 Å². The van der Waals surface area contributed by atoms with Crippen molar-refractivity contribution in [3.8, 4) is 5.75 Å². The van der Waals surface area contributed by atoms with Crippen molar-refractivity contribution in [2.45, 2.75) is 17.7 Å². The molecule has 2 aromatic rings. The Balaban J connectivity index is 1.59. The lowest BCUT2D eigenvalue weighted by Gasteiger charge is -2.19. The molecule has 3 rings (SSSR count). The molecule has 0 aliphatic carbocycles. The number of rotatable bonds is 9. The highest BCUT2D eigenvalue weighted by Crippen LogP contribution is 2.32. The Morgan fingerprint density at radius 2 is 1.89 bits per heavy atom. The molecule has 1 N–H and O–H groups in total. The van der Waals surface area contributed by atoms with Crippen molar-refractivity contribution in [3.63, 3.8) is 0 Å². The number of methoxy groups -OCH3 is 1. The Morgan fingerprint density at radius 1 is 1.14 bits per heavy atom. The average molecular weight is 404 g/mol. The smallest absolute Gasteiger partial charge is 0.264 e. The van der Waals surface area contributed by atoms with Gasteiger partial charge in [0.25, 0.3) is 15.9 Å².